The number of ether oxygens (including phenoxy) is 1. The maximum absolute atomic E-state index is 9.16. The summed E-state index contributed by atoms with van der Waals surface area (Å²) in [6.45, 7) is 0. The molecule has 4 rings (SSSR count). The second-order valence-corrected chi connectivity index (χ2v) is 6.73. The van der Waals surface area contributed by atoms with E-state index in [0.717, 1.165) is 22.4 Å². The Morgan fingerprint density at radius 3 is 2.27 bits per heavy atom. The third-order valence-electron chi connectivity index (χ3n) is 4.43. The Morgan fingerprint density at radius 2 is 1.54 bits per heavy atom. The normalized spacial score (nSPS) is 19.6. The van der Waals surface area contributed by atoms with Crippen molar-refractivity contribution in [2.75, 3.05) is 5.75 Å². The van der Waals surface area contributed by atoms with E-state index in [9.17, 15) is 0 Å². The van der Waals surface area contributed by atoms with Crippen molar-refractivity contribution in [3.63, 3.8) is 0 Å². The van der Waals surface area contributed by atoms with E-state index in [0.29, 0.717) is 11.7 Å². The fourth-order valence-electron chi connectivity index (χ4n) is 3.25. The molecule has 0 amide bonds. The minimum Gasteiger partial charge on any atom is -0.460 e. The molecule has 0 aromatic heterocycles. The number of thioether (sulfide) groups is 1. The number of nitriles is 1. The van der Waals surface area contributed by atoms with Crippen LogP contribution in [-0.4, -0.2) is 11.7 Å². The number of fused-ring (bicyclic) bond motifs is 1. The first-order chi connectivity index (χ1) is 12.8. The second-order valence-electron chi connectivity index (χ2n) is 5.97. The van der Waals surface area contributed by atoms with Crippen LogP contribution >= 0.6 is 11.8 Å². The first-order valence-electron chi connectivity index (χ1n) is 8.32. The van der Waals surface area contributed by atoms with E-state index in [1.54, 1.807) is 0 Å². The van der Waals surface area contributed by atoms with E-state index in [1.807, 2.05) is 78.9 Å². The van der Waals surface area contributed by atoms with Gasteiger partial charge in [-0.1, -0.05) is 66.7 Å². The van der Waals surface area contributed by atoms with Crippen LogP contribution in [0.25, 0.3) is 0 Å². The quantitative estimate of drug-likeness (QED) is 0.600. The van der Waals surface area contributed by atoms with Crippen LogP contribution in [0.5, 0.6) is 0 Å². The van der Waals surface area contributed by atoms with Gasteiger partial charge < -0.3 is 4.74 Å². The maximum Gasteiger partial charge on any atom is 0.223 e. The van der Waals surface area contributed by atoms with E-state index in [-0.39, 0.29) is 0 Å². The highest BCUT2D eigenvalue weighted by molar-refractivity contribution is 8.03. The van der Waals surface area contributed by atoms with Gasteiger partial charge in [0.2, 0.25) is 5.90 Å². The molecule has 126 valence electrons. The molecule has 0 saturated heterocycles. The lowest BCUT2D eigenvalue weighted by Crippen LogP contribution is -2.30. The maximum atomic E-state index is 9.16. The van der Waals surface area contributed by atoms with Crippen molar-refractivity contribution in [2.45, 2.75) is 5.60 Å². The fraction of sp³-hybridized carbons (Fsp3) is 0.0909. The summed E-state index contributed by atoms with van der Waals surface area (Å²) in [4.78, 5) is 4.73. The number of thiocyanates is 1. The van der Waals surface area contributed by atoms with Crippen LogP contribution in [0.2, 0.25) is 0 Å². The van der Waals surface area contributed by atoms with Crippen LogP contribution in [0.1, 0.15) is 16.7 Å². The molecular weight excluding hydrogens is 340 g/mol. The molecule has 3 aromatic carbocycles. The fourth-order valence-corrected chi connectivity index (χ4v) is 3.89. The summed E-state index contributed by atoms with van der Waals surface area (Å²) >= 11 is 1.20. The number of benzene rings is 3. The van der Waals surface area contributed by atoms with Crippen molar-refractivity contribution < 1.29 is 4.74 Å². The van der Waals surface area contributed by atoms with Gasteiger partial charge >= 0.3 is 0 Å². The predicted octanol–water partition coefficient (Wildman–Crippen LogP) is 5.25. The average molecular weight is 356 g/mol. The van der Waals surface area contributed by atoms with Crippen LogP contribution in [-0.2, 0) is 10.3 Å². The van der Waals surface area contributed by atoms with Crippen LogP contribution in [0.4, 0.5) is 5.69 Å². The molecule has 4 heteroatoms. The first-order valence-corrected chi connectivity index (χ1v) is 9.31. The molecular formula is C22H16N2OS. The lowest BCUT2D eigenvalue weighted by Gasteiger charge is -2.28. The van der Waals surface area contributed by atoms with Gasteiger partial charge in [0, 0.05) is 16.7 Å². The summed E-state index contributed by atoms with van der Waals surface area (Å²) in [6, 6.07) is 27.9. The second kappa shape index (κ2) is 7.07. The number of rotatable bonds is 4. The molecule has 1 aliphatic rings. The molecule has 0 bridgehead atoms. The van der Waals surface area contributed by atoms with Crippen LogP contribution < -0.4 is 0 Å². The summed E-state index contributed by atoms with van der Waals surface area (Å²) < 4.78 is 6.49. The van der Waals surface area contributed by atoms with Crippen molar-refractivity contribution in [2.24, 2.45) is 4.99 Å². The average Bonchev–Trinajstić information content (AvgIpc) is 3.03. The van der Waals surface area contributed by atoms with Gasteiger partial charge in [-0.3, -0.25) is 0 Å². The lowest BCUT2D eigenvalue weighted by atomic mass is 9.87. The zero-order valence-corrected chi connectivity index (χ0v) is 14.8. The largest absolute Gasteiger partial charge is 0.460 e. The smallest absolute Gasteiger partial charge is 0.223 e. The zero-order valence-electron chi connectivity index (χ0n) is 14.0. The molecule has 0 aliphatic carbocycles. The lowest BCUT2D eigenvalue weighted by molar-refractivity contribution is 0.140. The number of para-hydroxylation sites is 1. The topological polar surface area (TPSA) is 45.4 Å². The zero-order chi connectivity index (χ0) is 17.8. The molecule has 1 unspecified atom stereocenters. The van der Waals surface area contributed by atoms with E-state index >= 15 is 0 Å². The van der Waals surface area contributed by atoms with Crippen LogP contribution in [0, 0.1) is 10.7 Å². The Hall–Kier alpha value is -3.03. The van der Waals surface area contributed by atoms with Crippen molar-refractivity contribution in [3.05, 3.63) is 102 Å². The molecule has 3 nitrogen and oxygen atoms in total. The molecule has 1 heterocycles. The number of aliphatic imine (C=N–C) groups is 1. The number of hydrogen-bond acceptors (Lipinski definition) is 4. The van der Waals surface area contributed by atoms with Gasteiger partial charge in [-0.15, -0.1) is 0 Å². The SMILES string of the molecule is N#CSCC1(c2ccccc2)OC(=Nc2ccccc2)c2ccccc21. The molecule has 1 aliphatic heterocycles. The highest BCUT2D eigenvalue weighted by Crippen LogP contribution is 2.44. The van der Waals surface area contributed by atoms with Gasteiger partial charge in [0.1, 0.15) is 5.40 Å². The van der Waals surface area contributed by atoms with Crippen molar-refractivity contribution in [1.29, 1.82) is 5.26 Å². The van der Waals surface area contributed by atoms with Gasteiger partial charge in [-0.05, 0) is 30.0 Å². The van der Waals surface area contributed by atoms with Crippen molar-refractivity contribution >= 4 is 23.3 Å². The van der Waals surface area contributed by atoms with Crippen LogP contribution in [0.3, 0.4) is 0 Å². The third-order valence-corrected chi connectivity index (χ3v) is 5.11. The molecule has 0 fully saturated rings. The van der Waals surface area contributed by atoms with Gasteiger partial charge in [0.15, 0.2) is 5.60 Å². The van der Waals surface area contributed by atoms with E-state index in [2.05, 4.69) is 11.5 Å². The number of hydrogen-bond donors (Lipinski definition) is 0. The first kappa shape index (κ1) is 16.4. The Balaban J connectivity index is 1.89. The molecule has 0 saturated carbocycles. The van der Waals surface area contributed by atoms with Gasteiger partial charge in [0.25, 0.3) is 0 Å². The summed E-state index contributed by atoms with van der Waals surface area (Å²) in [5.74, 6) is 1.09. The highest BCUT2D eigenvalue weighted by atomic mass is 32.2. The van der Waals surface area contributed by atoms with Gasteiger partial charge in [-0.25, -0.2) is 4.99 Å². The van der Waals surface area contributed by atoms with E-state index < -0.39 is 5.60 Å². The monoisotopic (exact) mass is 356 g/mol. The summed E-state index contributed by atoms with van der Waals surface area (Å²) in [7, 11) is 0. The van der Waals surface area contributed by atoms with E-state index in [4.69, 9.17) is 15.0 Å². The molecule has 3 aromatic rings. The third kappa shape index (κ3) is 2.87. The summed E-state index contributed by atoms with van der Waals surface area (Å²) in [5.41, 5.74) is 3.16. The Kier molecular flexibility index (Phi) is 4.47. The molecule has 26 heavy (non-hydrogen) atoms. The minimum absolute atomic E-state index is 0.498. The summed E-state index contributed by atoms with van der Waals surface area (Å²) in [6.07, 6.45) is 0. The highest BCUT2D eigenvalue weighted by Gasteiger charge is 2.45. The predicted molar refractivity (Wildman–Crippen MR) is 105 cm³/mol. The van der Waals surface area contributed by atoms with Crippen molar-refractivity contribution in [3.8, 4) is 5.40 Å². The molecule has 0 spiro atoms. The van der Waals surface area contributed by atoms with Gasteiger partial charge in [0.05, 0.1) is 11.4 Å². The molecule has 1 atom stereocenters. The van der Waals surface area contributed by atoms with Crippen molar-refractivity contribution in [1.82, 2.24) is 0 Å². The van der Waals surface area contributed by atoms with Gasteiger partial charge in [-0.2, -0.15) is 5.26 Å². The standard InChI is InChI=1S/C22H16N2OS/c23-16-26-15-22(17-9-3-1-4-10-17)20-14-8-7-13-19(20)21(25-22)24-18-11-5-2-6-12-18/h1-14H,15H2. The Morgan fingerprint density at radius 1 is 0.885 bits per heavy atom. The molecule has 0 radical (unpaired) electrons. The minimum atomic E-state index is -0.716. The Labute approximate surface area is 157 Å². The summed E-state index contributed by atoms with van der Waals surface area (Å²) in [5, 5.41) is 11.3. The molecule has 0 N–H and O–H groups in total. The number of nitrogens with zero attached hydrogens (tertiary/aromatic N) is 2. The van der Waals surface area contributed by atoms with Crippen LogP contribution in [0.15, 0.2) is 89.9 Å². The van der Waals surface area contributed by atoms with E-state index in [1.165, 1.54) is 11.8 Å². The Bertz CT molecular complexity index is 980.